The van der Waals surface area contributed by atoms with E-state index in [1.807, 2.05) is 25.1 Å². The molecular formula is C21H32N2O3. The second-order valence-electron chi connectivity index (χ2n) is 8.21. The number of nitrogens with one attached hydrogen (secondary N) is 1. The number of benzene rings is 1. The molecule has 0 spiro atoms. The Hall–Kier alpha value is -1.43. The van der Waals surface area contributed by atoms with Gasteiger partial charge < -0.3 is 20.4 Å². The molecule has 1 saturated carbocycles. The summed E-state index contributed by atoms with van der Waals surface area (Å²) in [7, 11) is 0. The fraction of sp³-hybridized carbons (Fsp3) is 0.667. The van der Waals surface area contributed by atoms with E-state index in [9.17, 15) is 15.0 Å². The lowest BCUT2D eigenvalue weighted by Gasteiger charge is -2.38. The standard InChI is InChI=1S/C21H32N2O3/c1-17-6-4-7-18(14-17)15-23-13-5-10-21(26,19(23)24)16-22-12-11-20(25)8-2-3-9-20/h4,6-7,14,22,25-26H,2-3,5,8-13,15-16H2,1H3/t21-/m1/s1. The molecule has 2 aliphatic rings. The van der Waals surface area contributed by atoms with E-state index < -0.39 is 11.2 Å². The Bertz CT molecular complexity index is 627. The van der Waals surface area contributed by atoms with Gasteiger partial charge in [0.25, 0.3) is 5.91 Å². The zero-order valence-electron chi connectivity index (χ0n) is 15.8. The third-order valence-corrected chi connectivity index (χ3v) is 5.88. The minimum atomic E-state index is -1.33. The Balaban J connectivity index is 1.52. The van der Waals surface area contributed by atoms with Crippen molar-refractivity contribution in [3.8, 4) is 0 Å². The van der Waals surface area contributed by atoms with Gasteiger partial charge in [0.05, 0.1) is 5.60 Å². The van der Waals surface area contributed by atoms with Crippen LogP contribution in [0.2, 0.25) is 0 Å². The van der Waals surface area contributed by atoms with E-state index in [0.717, 1.165) is 37.7 Å². The number of aliphatic hydroxyl groups is 2. The van der Waals surface area contributed by atoms with E-state index in [-0.39, 0.29) is 12.5 Å². The predicted molar refractivity (Wildman–Crippen MR) is 102 cm³/mol. The number of carbonyl (C=O) groups excluding carboxylic acids is 1. The first-order chi connectivity index (χ1) is 12.4. The normalized spacial score (nSPS) is 25.7. The molecule has 1 aliphatic carbocycles. The highest BCUT2D eigenvalue weighted by Gasteiger charge is 2.42. The highest BCUT2D eigenvalue weighted by molar-refractivity contribution is 5.86. The lowest BCUT2D eigenvalue weighted by atomic mass is 9.91. The van der Waals surface area contributed by atoms with Gasteiger partial charge in [-0.15, -0.1) is 0 Å². The summed E-state index contributed by atoms with van der Waals surface area (Å²) >= 11 is 0. The Morgan fingerprint density at radius 1 is 1.15 bits per heavy atom. The second-order valence-corrected chi connectivity index (χ2v) is 8.21. The first kappa shape index (κ1) is 19.3. The summed E-state index contributed by atoms with van der Waals surface area (Å²) in [6, 6.07) is 8.15. The average Bonchev–Trinajstić information content (AvgIpc) is 3.03. The van der Waals surface area contributed by atoms with E-state index >= 15 is 0 Å². The predicted octanol–water partition coefficient (Wildman–Crippen LogP) is 2.13. The Labute approximate surface area is 156 Å². The van der Waals surface area contributed by atoms with E-state index in [2.05, 4.69) is 11.4 Å². The molecule has 0 aromatic heterocycles. The van der Waals surface area contributed by atoms with Gasteiger partial charge in [-0.05, 0) is 51.1 Å². The van der Waals surface area contributed by atoms with E-state index in [0.29, 0.717) is 32.5 Å². The van der Waals surface area contributed by atoms with Crippen LogP contribution in [0.25, 0.3) is 0 Å². The molecule has 5 nitrogen and oxygen atoms in total. The van der Waals surface area contributed by atoms with Crippen molar-refractivity contribution in [2.45, 2.75) is 69.6 Å². The maximum absolute atomic E-state index is 12.8. The summed E-state index contributed by atoms with van der Waals surface area (Å²) in [5.74, 6) is -0.183. The molecule has 1 saturated heterocycles. The van der Waals surface area contributed by atoms with Gasteiger partial charge in [-0.3, -0.25) is 4.79 Å². The first-order valence-corrected chi connectivity index (χ1v) is 9.91. The maximum Gasteiger partial charge on any atom is 0.256 e. The number of amides is 1. The molecule has 5 heteroatoms. The third-order valence-electron chi connectivity index (χ3n) is 5.88. The van der Waals surface area contributed by atoms with Gasteiger partial charge >= 0.3 is 0 Å². The van der Waals surface area contributed by atoms with Gasteiger partial charge in [0.2, 0.25) is 0 Å². The van der Waals surface area contributed by atoms with Crippen molar-refractivity contribution in [1.29, 1.82) is 0 Å². The maximum atomic E-state index is 12.8. The highest BCUT2D eigenvalue weighted by atomic mass is 16.3. The van der Waals surface area contributed by atoms with Gasteiger partial charge in [0, 0.05) is 19.6 Å². The second kappa shape index (κ2) is 8.07. The zero-order chi connectivity index (χ0) is 18.6. The van der Waals surface area contributed by atoms with E-state index in [1.54, 1.807) is 4.90 Å². The molecule has 1 amide bonds. The third kappa shape index (κ3) is 4.64. The van der Waals surface area contributed by atoms with Crippen LogP contribution >= 0.6 is 0 Å². The number of hydrogen-bond acceptors (Lipinski definition) is 4. The number of nitrogens with zero attached hydrogens (tertiary/aromatic N) is 1. The van der Waals surface area contributed by atoms with Crippen LogP contribution in [-0.2, 0) is 11.3 Å². The van der Waals surface area contributed by atoms with Crippen LogP contribution < -0.4 is 5.32 Å². The monoisotopic (exact) mass is 360 g/mol. The minimum Gasteiger partial charge on any atom is -0.390 e. The van der Waals surface area contributed by atoms with Crippen LogP contribution in [0.15, 0.2) is 24.3 Å². The van der Waals surface area contributed by atoms with Crippen molar-refractivity contribution in [2.24, 2.45) is 0 Å². The molecule has 3 N–H and O–H groups in total. The van der Waals surface area contributed by atoms with Crippen LogP contribution in [0, 0.1) is 6.92 Å². The molecule has 0 radical (unpaired) electrons. The van der Waals surface area contributed by atoms with Crippen molar-refractivity contribution in [1.82, 2.24) is 10.2 Å². The largest absolute Gasteiger partial charge is 0.390 e. The molecule has 2 fully saturated rings. The van der Waals surface area contributed by atoms with Crippen molar-refractivity contribution >= 4 is 5.91 Å². The number of aryl methyl sites for hydroxylation is 1. The van der Waals surface area contributed by atoms with Crippen molar-refractivity contribution < 1.29 is 15.0 Å². The summed E-state index contributed by atoms with van der Waals surface area (Å²) in [6.07, 6.45) is 5.89. The molecule has 0 bridgehead atoms. The lowest BCUT2D eigenvalue weighted by molar-refractivity contribution is -0.157. The van der Waals surface area contributed by atoms with E-state index in [4.69, 9.17) is 0 Å². The summed E-state index contributed by atoms with van der Waals surface area (Å²) in [4.78, 5) is 14.6. The van der Waals surface area contributed by atoms with Crippen molar-refractivity contribution in [3.63, 3.8) is 0 Å². The Morgan fingerprint density at radius 2 is 1.92 bits per heavy atom. The molecule has 144 valence electrons. The van der Waals surface area contributed by atoms with Gasteiger partial charge in [-0.1, -0.05) is 42.7 Å². The molecule has 1 aromatic carbocycles. The fourth-order valence-corrected chi connectivity index (χ4v) is 4.31. The fourth-order valence-electron chi connectivity index (χ4n) is 4.31. The Kier molecular flexibility index (Phi) is 6.00. The van der Waals surface area contributed by atoms with Crippen LogP contribution in [0.3, 0.4) is 0 Å². The van der Waals surface area contributed by atoms with Gasteiger partial charge in [-0.25, -0.2) is 0 Å². The molecule has 3 rings (SSSR count). The number of hydrogen-bond donors (Lipinski definition) is 3. The van der Waals surface area contributed by atoms with Crippen molar-refractivity contribution in [3.05, 3.63) is 35.4 Å². The van der Waals surface area contributed by atoms with Crippen LogP contribution in [0.4, 0.5) is 0 Å². The number of piperidine rings is 1. The topological polar surface area (TPSA) is 72.8 Å². The van der Waals surface area contributed by atoms with Crippen LogP contribution in [0.5, 0.6) is 0 Å². The molecule has 1 atom stereocenters. The van der Waals surface area contributed by atoms with Gasteiger partial charge in [-0.2, -0.15) is 0 Å². The molecule has 26 heavy (non-hydrogen) atoms. The summed E-state index contributed by atoms with van der Waals surface area (Å²) in [6.45, 7) is 4.16. The van der Waals surface area contributed by atoms with Crippen molar-refractivity contribution in [2.75, 3.05) is 19.6 Å². The number of carbonyl (C=O) groups is 1. The molecular weight excluding hydrogens is 328 g/mol. The van der Waals surface area contributed by atoms with Crippen LogP contribution in [0.1, 0.15) is 56.1 Å². The first-order valence-electron chi connectivity index (χ1n) is 9.91. The minimum absolute atomic E-state index is 0.183. The summed E-state index contributed by atoms with van der Waals surface area (Å²) in [5, 5.41) is 24.5. The van der Waals surface area contributed by atoms with Gasteiger partial charge in [0.1, 0.15) is 0 Å². The van der Waals surface area contributed by atoms with Crippen LogP contribution in [-0.4, -0.2) is 51.9 Å². The molecule has 1 heterocycles. The summed E-state index contributed by atoms with van der Waals surface area (Å²) < 4.78 is 0. The lowest BCUT2D eigenvalue weighted by Crippen LogP contribution is -2.57. The number of likely N-dealkylation sites (tertiary alicyclic amines) is 1. The average molecular weight is 360 g/mol. The van der Waals surface area contributed by atoms with Gasteiger partial charge in [0.15, 0.2) is 5.60 Å². The van der Waals surface area contributed by atoms with E-state index in [1.165, 1.54) is 5.56 Å². The molecule has 1 aromatic rings. The highest BCUT2D eigenvalue weighted by Crippen LogP contribution is 2.32. The molecule has 1 aliphatic heterocycles. The summed E-state index contributed by atoms with van der Waals surface area (Å²) in [5.41, 5.74) is 0.386. The number of rotatable bonds is 7. The quantitative estimate of drug-likeness (QED) is 0.652. The molecule has 0 unspecified atom stereocenters. The smallest absolute Gasteiger partial charge is 0.256 e. The Morgan fingerprint density at radius 3 is 2.65 bits per heavy atom. The zero-order valence-corrected chi connectivity index (χ0v) is 15.8. The SMILES string of the molecule is Cc1cccc(CN2CCC[C@@](O)(CNCCC3(O)CCCC3)C2=O)c1.